The average molecular weight is 475 g/mol. The van der Waals surface area contributed by atoms with Crippen molar-refractivity contribution in [3.05, 3.63) is 34.4 Å². The van der Waals surface area contributed by atoms with Crippen LogP contribution in [-0.2, 0) is 14.3 Å². The summed E-state index contributed by atoms with van der Waals surface area (Å²) in [6.45, 7) is 3.06. The first-order valence-electron chi connectivity index (χ1n) is 10.8. The van der Waals surface area contributed by atoms with Crippen LogP contribution in [0, 0.1) is 5.92 Å². The van der Waals surface area contributed by atoms with E-state index in [0.29, 0.717) is 24.7 Å². The number of Topliss-reactive ketones (excluding diaryl/α,β-unsaturated/α-hetero) is 1. The normalized spacial score (nSPS) is 25.1. The number of ketones is 2. The number of allylic oxidation sites excluding steroid dienone is 1. The zero-order valence-electron chi connectivity index (χ0n) is 18.5. The molecular formula is C23H23ClN2O7. The molecule has 1 saturated heterocycles. The van der Waals surface area contributed by atoms with Crippen LogP contribution >= 0.6 is 11.6 Å². The molecule has 0 bridgehead atoms. The molecular weight excluding hydrogens is 452 g/mol. The Labute approximate surface area is 195 Å². The van der Waals surface area contributed by atoms with E-state index in [4.69, 9.17) is 35.0 Å². The minimum atomic E-state index is -1.50. The van der Waals surface area contributed by atoms with E-state index in [0.717, 1.165) is 12.8 Å². The number of halogens is 1. The number of hydrogen-bond donors (Lipinski definition) is 0. The molecule has 0 amide bonds. The van der Waals surface area contributed by atoms with Crippen molar-refractivity contribution in [3.8, 4) is 23.0 Å². The summed E-state index contributed by atoms with van der Waals surface area (Å²) in [5.41, 5.74) is -0.909. The maximum Gasteiger partial charge on any atom is 0.249 e. The second-order valence-electron chi connectivity index (χ2n) is 8.43. The summed E-state index contributed by atoms with van der Waals surface area (Å²) in [6.07, 6.45) is 3.04. The lowest BCUT2D eigenvalue weighted by molar-refractivity contribution is -0.118. The summed E-state index contributed by atoms with van der Waals surface area (Å²) in [5, 5.41) is 8.54. The number of fused-ring (bicyclic) bond motifs is 1. The summed E-state index contributed by atoms with van der Waals surface area (Å²) >= 11 is 6.74. The first kappa shape index (κ1) is 21.9. The Morgan fingerprint density at radius 2 is 1.91 bits per heavy atom. The smallest absolute Gasteiger partial charge is 0.249 e. The number of rotatable bonds is 4. The topological polar surface area (TPSA) is 110 Å². The van der Waals surface area contributed by atoms with Crippen molar-refractivity contribution in [2.24, 2.45) is 5.92 Å². The first-order valence-corrected chi connectivity index (χ1v) is 11.1. The van der Waals surface area contributed by atoms with E-state index < -0.39 is 11.5 Å². The van der Waals surface area contributed by atoms with E-state index in [9.17, 15) is 9.59 Å². The van der Waals surface area contributed by atoms with Crippen LogP contribution in [-0.4, -0.2) is 54.8 Å². The molecule has 1 aromatic heterocycles. The molecule has 3 heterocycles. The number of benzene rings is 1. The Balaban J connectivity index is 1.60. The van der Waals surface area contributed by atoms with Gasteiger partial charge in [-0.25, -0.2) is 0 Å². The van der Waals surface area contributed by atoms with Gasteiger partial charge < -0.3 is 23.4 Å². The summed E-state index contributed by atoms with van der Waals surface area (Å²) < 4.78 is 28.6. The summed E-state index contributed by atoms with van der Waals surface area (Å²) in [5.74, 6) is 0.403. The van der Waals surface area contributed by atoms with E-state index in [2.05, 4.69) is 10.2 Å². The molecule has 33 heavy (non-hydrogen) atoms. The zero-order chi connectivity index (χ0) is 23.3. The molecule has 1 aromatic carbocycles. The Kier molecular flexibility index (Phi) is 5.41. The fraction of sp³-hybridized carbons (Fsp3) is 0.478. The Morgan fingerprint density at radius 1 is 1.15 bits per heavy atom. The molecule has 2 atom stereocenters. The average Bonchev–Trinajstić information content (AvgIpc) is 3.42. The number of hydrogen-bond acceptors (Lipinski definition) is 9. The molecule has 1 fully saturated rings. The molecule has 0 saturated carbocycles. The molecule has 3 aliphatic rings. The van der Waals surface area contributed by atoms with Gasteiger partial charge in [0.15, 0.2) is 17.3 Å². The van der Waals surface area contributed by atoms with Crippen molar-refractivity contribution in [2.45, 2.75) is 37.7 Å². The molecule has 0 radical (unpaired) electrons. The van der Waals surface area contributed by atoms with Crippen molar-refractivity contribution in [1.29, 1.82) is 0 Å². The minimum absolute atomic E-state index is 0.117. The molecule has 174 valence electrons. The maximum atomic E-state index is 13.7. The lowest BCUT2D eigenvalue weighted by Gasteiger charge is -2.36. The Hall–Kier alpha value is -2.91. The number of aromatic nitrogens is 2. The monoisotopic (exact) mass is 474 g/mol. The minimum Gasteiger partial charge on any atom is -0.496 e. The van der Waals surface area contributed by atoms with Crippen molar-refractivity contribution in [1.82, 2.24) is 10.2 Å². The first-order chi connectivity index (χ1) is 15.9. The van der Waals surface area contributed by atoms with Crippen LogP contribution < -0.4 is 9.47 Å². The standard InChI is InChI=1S/C23H23ClN2O7/c1-11-8-13(27)9-16(30-3)23(11)20(28)17-15(29-2)10-14(18(24)19(17)33-23)22-26-25-21(32-22)12-4-6-31-7-5-12/h9-12H,4-8H2,1-3H3/t11-,23+/m1/s1. The maximum absolute atomic E-state index is 13.7. The fourth-order valence-corrected chi connectivity index (χ4v) is 5.05. The van der Waals surface area contributed by atoms with Crippen LogP contribution in [0.25, 0.3) is 11.5 Å². The molecule has 2 aromatic rings. The van der Waals surface area contributed by atoms with E-state index in [1.807, 2.05) is 0 Å². The quantitative estimate of drug-likeness (QED) is 0.654. The highest BCUT2D eigenvalue weighted by Gasteiger charge is 2.59. The van der Waals surface area contributed by atoms with Gasteiger partial charge in [0.2, 0.25) is 23.2 Å². The van der Waals surface area contributed by atoms with Crippen LogP contribution in [0.5, 0.6) is 11.5 Å². The third kappa shape index (κ3) is 3.25. The van der Waals surface area contributed by atoms with Gasteiger partial charge in [-0.1, -0.05) is 18.5 Å². The van der Waals surface area contributed by atoms with E-state index in [1.165, 1.54) is 20.3 Å². The van der Waals surface area contributed by atoms with Gasteiger partial charge in [0.25, 0.3) is 0 Å². The summed E-state index contributed by atoms with van der Waals surface area (Å²) in [6, 6.07) is 1.59. The predicted molar refractivity (Wildman–Crippen MR) is 116 cm³/mol. The van der Waals surface area contributed by atoms with Crippen LogP contribution in [0.3, 0.4) is 0 Å². The van der Waals surface area contributed by atoms with Gasteiger partial charge in [0.1, 0.15) is 11.3 Å². The predicted octanol–water partition coefficient (Wildman–Crippen LogP) is 3.75. The third-order valence-electron chi connectivity index (χ3n) is 6.55. The number of carbonyl (C=O) groups excluding carboxylic acids is 2. The molecule has 5 rings (SSSR count). The largest absolute Gasteiger partial charge is 0.496 e. The number of nitrogens with zero attached hydrogens (tertiary/aromatic N) is 2. The molecule has 0 N–H and O–H groups in total. The Bertz CT molecular complexity index is 1170. The molecule has 1 spiro atoms. The number of ether oxygens (including phenoxy) is 4. The molecule has 0 unspecified atom stereocenters. The highest BCUT2D eigenvalue weighted by molar-refractivity contribution is 6.36. The van der Waals surface area contributed by atoms with E-state index in [-0.39, 0.29) is 57.6 Å². The van der Waals surface area contributed by atoms with Gasteiger partial charge in [-0.05, 0) is 18.9 Å². The van der Waals surface area contributed by atoms with Crippen LogP contribution in [0.4, 0.5) is 0 Å². The van der Waals surface area contributed by atoms with Gasteiger partial charge >= 0.3 is 0 Å². The van der Waals surface area contributed by atoms with Crippen molar-refractivity contribution >= 4 is 23.2 Å². The van der Waals surface area contributed by atoms with Gasteiger partial charge in [-0.15, -0.1) is 10.2 Å². The highest BCUT2D eigenvalue weighted by Crippen LogP contribution is 2.54. The fourth-order valence-electron chi connectivity index (χ4n) is 4.78. The van der Waals surface area contributed by atoms with Gasteiger partial charge in [-0.3, -0.25) is 9.59 Å². The molecule has 9 nitrogen and oxygen atoms in total. The van der Waals surface area contributed by atoms with Crippen molar-refractivity contribution < 1.29 is 33.0 Å². The summed E-state index contributed by atoms with van der Waals surface area (Å²) in [4.78, 5) is 25.8. The van der Waals surface area contributed by atoms with Gasteiger partial charge in [-0.2, -0.15) is 0 Å². The number of carbonyl (C=O) groups is 2. The van der Waals surface area contributed by atoms with E-state index in [1.54, 1.807) is 13.0 Å². The van der Waals surface area contributed by atoms with Crippen LogP contribution in [0.2, 0.25) is 5.02 Å². The molecule has 1 aliphatic carbocycles. The molecule has 10 heteroatoms. The SMILES string of the molecule is COC1=CC(=O)C[C@@H](C)[C@]12Oc1c(Cl)c(-c3nnc(C4CCOCC4)o3)cc(OC)c1C2=O. The summed E-state index contributed by atoms with van der Waals surface area (Å²) in [7, 11) is 2.85. The second-order valence-corrected chi connectivity index (χ2v) is 8.81. The van der Waals surface area contributed by atoms with E-state index >= 15 is 0 Å². The Morgan fingerprint density at radius 3 is 2.61 bits per heavy atom. The molecule has 2 aliphatic heterocycles. The zero-order valence-corrected chi connectivity index (χ0v) is 19.2. The van der Waals surface area contributed by atoms with Crippen molar-refractivity contribution in [3.63, 3.8) is 0 Å². The highest BCUT2D eigenvalue weighted by atomic mass is 35.5. The van der Waals surface area contributed by atoms with Crippen LogP contribution in [0.1, 0.15) is 48.4 Å². The van der Waals surface area contributed by atoms with Crippen LogP contribution in [0.15, 0.2) is 22.3 Å². The third-order valence-corrected chi connectivity index (χ3v) is 6.93. The van der Waals surface area contributed by atoms with Gasteiger partial charge in [0.05, 0.1) is 24.8 Å². The number of methoxy groups -OCH3 is 2. The van der Waals surface area contributed by atoms with Crippen molar-refractivity contribution in [2.75, 3.05) is 27.4 Å². The van der Waals surface area contributed by atoms with Gasteiger partial charge in [0, 0.05) is 37.5 Å². The lowest BCUT2D eigenvalue weighted by Crippen LogP contribution is -2.51. The second kappa shape index (κ2) is 8.14. The lowest BCUT2D eigenvalue weighted by atomic mass is 9.75.